The first-order valence-corrected chi connectivity index (χ1v) is 10.8. The first-order valence-electron chi connectivity index (χ1n) is 9.57. The van der Waals surface area contributed by atoms with E-state index in [0.717, 1.165) is 36.7 Å². The molecule has 0 spiro atoms. The number of hydrogen-bond donors (Lipinski definition) is 0. The Kier molecular flexibility index (Phi) is 4.44. The van der Waals surface area contributed by atoms with Crippen LogP contribution in [0.4, 0.5) is 0 Å². The van der Waals surface area contributed by atoms with Gasteiger partial charge in [0, 0.05) is 32.8 Å². The first kappa shape index (κ1) is 18.4. The average Bonchev–Trinajstić information content (AvgIpc) is 2.92. The van der Waals surface area contributed by atoms with Crippen LogP contribution in [0.1, 0.15) is 63.7 Å². The summed E-state index contributed by atoms with van der Waals surface area (Å²) >= 11 is 0. The van der Waals surface area contributed by atoms with E-state index < -0.39 is 17.9 Å². The number of fused-ring (bicyclic) bond motifs is 2. The third-order valence-electron chi connectivity index (χ3n) is 6.65. The van der Waals surface area contributed by atoms with E-state index in [2.05, 4.69) is 0 Å². The van der Waals surface area contributed by atoms with Gasteiger partial charge in [-0.3, -0.25) is 9.00 Å². The predicted octanol–water partition coefficient (Wildman–Crippen LogP) is 2.86. The van der Waals surface area contributed by atoms with Gasteiger partial charge in [0.05, 0.1) is 11.2 Å². The second kappa shape index (κ2) is 6.28. The highest BCUT2D eigenvalue weighted by Gasteiger charge is 2.51. The Labute approximate surface area is 158 Å². The fraction of sp³-hybridized carbons (Fsp3) is 0.650. The number of carbonyl (C=O) groups excluding carboxylic acids is 1. The van der Waals surface area contributed by atoms with E-state index in [4.69, 9.17) is 9.31 Å². The fourth-order valence-corrected chi connectivity index (χ4v) is 6.39. The van der Waals surface area contributed by atoms with Crippen LogP contribution in [0.2, 0.25) is 0 Å². The van der Waals surface area contributed by atoms with Crippen LogP contribution < -0.4 is 5.46 Å². The van der Waals surface area contributed by atoms with Crippen molar-refractivity contribution in [3.05, 3.63) is 29.8 Å². The van der Waals surface area contributed by atoms with Gasteiger partial charge in [0.25, 0.3) is 0 Å². The fourth-order valence-electron chi connectivity index (χ4n) is 4.27. The van der Waals surface area contributed by atoms with Crippen molar-refractivity contribution in [2.45, 2.75) is 75.1 Å². The van der Waals surface area contributed by atoms with Crippen molar-refractivity contribution in [1.82, 2.24) is 0 Å². The standard InChI is InChI=1S/C20H27BO4S/c1-19(2)20(3,4)25-21(24-19)15-7-5-13(6-8-15)18(22)14-11-16-9-10-17(12-14)26(16)23/h5-8,14,16-17H,9-12H2,1-4H3. The highest BCUT2D eigenvalue weighted by atomic mass is 32.2. The summed E-state index contributed by atoms with van der Waals surface area (Å²) in [6, 6.07) is 7.64. The largest absolute Gasteiger partial charge is 0.494 e. The molecule has 4 nitrogen and oxygen atoms in total. The minimum absolute atomic E-state index is 0.0212. The van der Waals surface area contributed by atoms with Crippen molar-refractivity contribution in [3.63, 3.8) is 0 Å². The molecule has 0 aromatic heterocycles. The van der Waals surface area contributed by atoms with Crippen LogP contribution in [0.25, 0.3) is 0 Å². The molecule has 3 aliphatic heterocycles. The van der Waals surface area contributed by atoms with E-state index in [1.54, 1.807) is 0 Å². The summed E-state index contributed by atoms with van der Waals surface area (Å²) in [5.41, 5.74) is 0.930. The molecule has 3 fully saturated rings. The maximum atomic E-state index is 12.9. The van der Waals surface area contributed by atoms with Gasteiger partial charge in [0.2, 0.25) is 0 Å². The third kappa shape index (κ3) is 3.00. The highest BCUT2D eigenvalue weighted by Crippen LogP contribution is 2.40. The molecular formula is C20H27BO4S. The summed E-state index contributed by atoms with van der Waals surface area (Å²) in [6.45, 7) is 8.14. The molecule has 0 aliphatic carbocycles. The highest BCUT2D eigenvalue weighted by molar-refractivity contribution is 7.86. The molecule has 2 unspecified atom stereocenters. The number of hydrogen-bond acceptors (Lipinski definition) is 4. The van der Waals surface area contributed by atoms with Gasteiger partial charge in [-0.25, -0.2) is 0 Å². The van der Waals surface area contributed by atoms with Gasteiger partial charge in [-0.15, -0.1) is 0 Å². The lowest BCUT2D eigenvalue weighted by atomic mass is 9.78. The molecule has 1 aromatic rings. The molecule has 0 N–H and O–H groups in total. The Bertz CT molecular complexity index is 711. The van der Waals surface area contributed by atoms with E-state index in [-0.39, 0.29) is 33.4 Å². The molecule has 3 saturated heterocycles. The summed E-state index contributed by atoms with van der Waals surface area (Å²) in [6.07, 6.45) is 3.59. The Hall–Kier alpha value is -0.975. The molecule has 4 rings (SSSR count). The molecule has 0 amide bonds. The van der Waals surface area contributed by atoms with Crippen LogP contribution in [0, 0.1) is 5.92 Å². The topological polar surface area (TPSA) is 52.6 Å². The molecule has 3 heterocycles. The van der Waals surface area contributed by atoms with Gasteiger partial charge in [-0.1, -0.05) is 24.3 Å². The summed E-state index contributed by atoms with van der Waals surface area (Å²) in [5, 5.41) is 0.457. The lowest BCUT2D eigenvalue weighted by molar-refractivity contribution is 0.00578. The number of rotatable bonds is 3. The summed E-state index contributed by atoms with van der Waals surface area (Å²) in [5.74, 6) is 0.215. The molecule has 3 aliphatic rings. The Morgan fingerprint density at radius 1 is 1.00 bits per heavy atom. The zero-order valence-corrected chi connectivity index (χ0v) is 16.8. The molecular weight excluding hydrogens is 347 g/mol. The summed E-state index contributed by atoms with van der Waals surface area (Å²) in [7, 11) is -1.12. The number of ketones is 1. The predicted molar refractivity (Wildman–Crippen MR) is 104 cm³/mol. The van der Waals surface area contributed by atoms with Crippen molar-refractivity contribution in [1.29, 1.82) is 0 Å². The summed E-state index contributed by atoms with van der Waals surface area (Å²) < 4.78 is 24.3. The maximum absolute atomic E-state index is 12.9. The van der Waals surface area contributed by atoms with Gasteiger partial charge in [0.1, 0.15) is 0 Å². The molecule has 2 bridgehead atoms. The van der Waals surface area contributed by atoms with Crippen LogP contribution in [0.3, 0.4) is 0 Å². The normalized spacial score (nSPS) is 34.8. The van der Waals surface area contributed by atoms with Crippen molar-refractivity contribution < 1.29 is 18.3 Å². The van der Waals surface area contributed by atoms with Crippen molar-refractivity contribution in [2.24, 2.45) is 5.92 Å². The number of carbonyl (C=O) groups is 1. The van der Waals surface area contributed by atoms with E-state index in [1.165, 1.54) is 0 Å². The van der Waals surface area contributed by atoms with E-state index in [9.17, 15) is 9.00 Å². The van der Waals surface area contributed by atoms with E-state index in [1.807, 2.05) is 52.0 Å². The smallest absolute Gasteiger partial charge is 0.399 e. The Balaban J connectivity index is 1.47. The lowest BCUT2D eigenvalue weighted by Crippen LogP contribution is -2.41. The van der Waals surface area contributed by atoms with Crippen molar-refractivity contribution >= 4 is 29.2 Å². The van der Waals surface area contributed by atoms with Gasteiger partial charge in [-0.05, 0) is 58.8 Å². The number of Topliss-reactive ketones (excluding diaryl/α,β-unsaturated/α-hetero) is 1. The molecule has 6 heteroatoms. The van der Waals surface area contributed by atoms with Crippen LogP contribution in [0.5, 0.6) is 0 Å². The lowest BCUT2D eigenvalue weighted by Gasteiger charge is -2.32. The van der Waals surface area contributed by atoms with Gasteiger partial charge < -0.3 is 9.31 Å². The zero-order valence-electron chi connectivity index (χ0n) is 16.0. The molecule has 26 heavy (non-hydrogen) atoms. The van der Waals surface area contributed by atoms with Crippen molar-refractivity contribution in [3.8, 4) is 0 Å². The van der Waals surface area contributed by atoms with Gasteiger partial charge in [0.15, 0.2) is 5.78 Å². The van der Waals surface area contributed by atoms with E-state index >= 15 is 0 Å². The first-order chi connectivity index (χ1) is 12.2. The van der Waals surface area contributed by atoms with Crippen molar-refractivity contribution in [2.75, 3.05) is 0 Å². The third-order valence-corrected chi connectivity index (χ3v) is 8.82. The van der Waals surface area contributed by atoms with Crippen LogP contribution in [-0.4, -0.2) is 38.8 Å². The van der Waals surface area contributed by atoms with Gasteiger partial charge in [-0.2, -0.15) is 0 Å². The molecule has 0 saturated carbocycles. The molecule has 140 valence electrons. The SMILES string of the molecule is CC1(C)OB(c2ccc(C(=O)C3CC4CCC(C3)S4=O)cc2)OC1(C)C. The maximum Gasteiger partial charge on any atom is 0.494 e. The van der Waals surface area contributed by atoms with Gasteiger partial charge >= 0.3 is 7.12 Å². The van der Waals surface area contributed by atoms with Crippen LogP contribution in [-0.2, 0) is 20.1 Å². The second-order valence-electron chi connectivity index (χ2n) is 8.89. The van der Waals surface area contributed by atoms with Crippen LogP contribution in [0.15, 0.2) is 24.3 Å². The second-order valence-corrected chi connectivity index (χ2v) is 10.9. The Morgan fingerprint density at radius 3 is 2.00 bits per heavy atom. The van der Waals surface area contributed by atoms with E-state index in [0.29, 0.717) is 0 Å². The molecule has 2 atom stereocenters. The number of benzene rings is 1. The Morgan fingerprint density at radius 2 is 1.50 bits per heavy atom. The summed E-state index contributed by atoms with van der Waals surface area (Å²) in [4.78, 5) is 12.9. The monoisotopic (exact) mass is 374 g/mol. The molecule has 1 aromatic carbocycles. The zero-order chi connectivity index (χ0) is 18.7. The quantitative estimate of drug-likeness (QED) is 0.603. The minimum Gasteiger partial charge on any atom is -0.399 e. The minimum atomic E-state index is -0.718. The average molecular weight is 374 g/mol. The van der Waals surface area contributed by atoms with Crippen LogP contribution >= 0.6 is 0 Å². The molecule has 0 radical (unpaired) electrons.